The van der Waals surface area contributed by atoms with Crippen LogP contribution < -0.4 is 0 Å². The summed E-state index contributed by atoms with van der Waals surface area (Å²) >= 11 is 0. The third-order valence-electron chi connectivity index (χ3n) is 2.60. The molecule has 1 heteroatoms. The second-order valence-corrected chi connectivity index (χ2v) is 7.53. The lowest BCUT2D eigenvalue weighted by Crippen LogP contribution is -2.42. The van der Waals surface area contributed by atoms with Gasteiger partial charge in [0.2, 0.25) is 0 Å². The van der Waals surface area contributed by atoms with Crippen LogP contribution in [-0.4, -0.2) is 6.71 Å². The van der Waals surface area contributed by atoms with Gasteiger partial charge in [0.15, 0.2) is 0 Å². The Morgan fingerprint density at radius 3 is 0.615 bits per heavy atom. The van der Waals surface area contributed by atoms with Crippen molar-refractivity contribution in [3.05, 3.63) is 0 Å². The van der Waals surface area contributed by atoms with Crippen molar-refractivity contribution in [2.24, 2.45) is 0 Å². The molecular formula is C12H27B-. The quantitative estimate of drug-likeness (QED) is 0.468. The van der Waals surface area contributed by atoms with Gasteiger partial charge in [0.05, 0.1) is 0 Å². The molecular weight excluding hydrogens is 155 g/mol. The van der Waals surface area contributed by atoms with Gasteiger partial charge in [0.1, 0.15) is 0 Å². The molecule has 0 bridgehead atoms. The van der Waals surface area contributed by atoms with Crippen LogP contribution >= 0.6 is 0 Å². The second-order valence-electron chi connectivity index (χ2n) is 7.53. The van der Waals surface area contributed by atoms with Gasteiger partial charge in [0, 0.05) is 0 Å². The Bertz CT molecular complexity index is 128. The van der Waals surface area contributed by atoms with Gasteiger partial charge in [-0.2, -0.15) is 15.9 Å². The molecule has 0 unspecified atom stereocenters. The second kappa shape index (κ2) is 3.33. The minimum Gasteiger partial charge on any atom is -0.193 e. The van der Waals surface area contributed by atoms with Crippen molar-refractivity contribution in [1.82, 2.24) is 0 Å². The van der Waals surface area contributed by atoms with Crippen LogP contribution in [0.2, 0.25) is 15.9 Å². The molecule has 0 saturated carbocycles. The fourth-order valence-electron chi connectivity index (χ4n) is 3.90. The molecule has 0 aliphatic heterocycles. The topological polar surface area (TPSA) is 0 Å². The fourth-order valence-corrected chi connectivity index (χ4v) is 3.90. The zero-order valence-electron chi connectivity index (χ0n) is 11.1. The van der Waals surface area contributed by atoms with Crippen molar-refractivity contribution in [2.45, 2.75) is 78.3 Å². The Morgan fingerprint density at radius 2 is 0.615 bits per heavy atom. The number of hydrogen-bond donors (Lipinski definition) is 0. The van der Waals surface area contributed by atoms with Crippen molar-refractivity contribution < 1.29 is 0 Å². The maximum atomic E-state index is 2.36. The highest BCUT2D eigenvalue weighted by atomic mass is 14.2. The normalized spacial score (nSPS) is 15.2. The average Bonchev–Trinajstić information content (AvgIpc) is 1.44. The summed E-state index contributed by atoms with van der Waals surface area (Å²) in [5.41, 5.74) is 0. The van der Waals surface area contributed by atoms with E-state index in [0.29, 0.717) is 15.9 Å². The highest BCUT2D eigenvalue weighted by Crippen LogP contribution is 2.52. The van der Waals surface area contributed by atoms with Crippen LogP contribution in [0.3, 0.4) is 0 Å². The van der Waals surface area contributed by atoms with E-state index >= 15 is 0 Å². The van der Waals surface area contributed by atoms with Crippen LogP contribution in [0.4, 0.5) is 0 Å². The van der Waals surface area contributed by atoms with Crippen LogP contribution in [0.15, 0.2) is 0 Å². The van der Waals surface area contributed by atoms with Crippen molar-refractivity contribution >= 4 is 6.71 Å². The first-order chi connectivity index (χ1) is 5.37. The van der Waals surface area contributed by atoms with Gasteiger partial charge in [-0.15, -0.1) is 6.71 Å². The van der Waals surface area contributed by atoms with E-state index in [0.717, 1.165) is 6.71 Å². The third kappa shape index (κ3) is 3.75. The summed E-state index contributed by atoms with van der Waals surface area (Å²) in [5, 5.41) is 1.16. The number of hydrogen-bond acceptors (Lipinski definition) is 0. The van der Waals surface area contributed by atoms with Crippen LogP contribution in [0.25, 0.3) is 0 Å². The molecule has 0 spiro atoms. The first-order valence-corrected chi connectivity index (χ1v) is 5.37. The Morgan fingerprint density at radius 1 is 0.462 bits per heavy atom. The Kier molecular flexibility index (Phi) is 3.35. The monoisotopic (exact) mass is 182 g/mol. The van der Waals surface area contributed by atoms with Gasteiger partial charge in [-0.3, -0.25) is 0 Å². The summed E-state index contributed by atoms with van der Waals surface area (Å²) < 4.78 is 0. The van der Waals surface area contributed by atoms with E-state index in [4.69, 9.17) is 0 Å². The molecule has 0 nitrogen and oxygen atoms in total. The SMILES string of the molecule is CC(C)(C)[B-](C(C)(C)C)C(C)(C)C. The molecule has 0 aliphatic carbocycles. The van der Waals surface area contributed by atoms with E-state index in [1.807, 2.05) is 0 Å². The molecule has 79 valence electrons. The first kappa shape index (κ1) is 13.1. The molecule has 0 N–H and O–H groups in total. The van der Waals surface area contributed by atoms with Crippen LogP contribution in [0, 0.1) is 0 Å². The molecule has 0 amide bonds. The maximum Gasteiger partial charge on any atom is -0.0948 e. The number of rotatable bonds is 0. The summed E-state index contributed by atoms with van der Waals surface area (Å²) in [6.45, 7) is 21.9. The lowest BCUT2D eigenvalue weighted by Gasteiger charge is -2.60. The van der Waals surface area contributed by atoms with Gasteiger partial charge < -0.3 is 0 Å². The molecule has 0 rings (SSSR count). The zero-order valence-corrected chi connectivity index (χ0v) is 11.1. The minimum atomic E-state index is 0.385. The summed E-state index contributed by atoms with van der Waals surface area (Å²) in [5.74, 6) is 0. The Hall–Kier alpha value is 0.0649. The summed E-state index contributed by atoms with van der Waals surface area (Å²) in [4.78, 5) is 0. The molecule has 1 radical (unpaired) electrons. The van der Waals surface area contributed by atoms with Gasteiger partial charge in [-0.05, 0) is 0 Å². The van der Waals surface area contributed by atoms with Crippen LogP contribution in [0.5, 0.6) is 0 Å². The molecule has 0 fully saturated rings. The van der Waals surface area contributed by atoms with Gasteiger partial charge >= 0.3 is 0 Å². The molecule has 0 atom stereocenters. The van der Waals surface area contributed by atoms with E-state index in [1.54, 1.807) is 0 Å². The summed E-state index contributed by atoms with van der Waals surface area (Å²) in [6, 6.07) is 0. The Balaban J connectivity index is 5.02. The van der Waals surface area contributed by atoms with E-state index in [1.165, 1.54) is 0 Å². The molecule has 0 aromatic carbocycles. The van der Waals surface area contributed by atoms with Crippen LogP contribution in [-0.2, 0) is 0 Å². The molecule has 0 aliphatic rings. The fraction of sp³-hybridized carbons (Fsp3) is 1.00. The predicted molar refractivity (Wildman–Crippen MR) is 64.9 cm³/mol. The van der Waals surface area contributed by atoms with Crippen LogP contribution in [0.1, 0.15) is 62.3 Å². The predicted octanol–water partition coefficient (Wildman–Crippen LogP) is 4.88. The van der Waals surface area contributed by atoms with E-state index < -0.39 is 0 Å². The largest absolute Gasteiger partial charge is 0.193 e. The van der Waals surface area contributed by atoms with Crippen molar-refractivity contribution in [2.75, 3.05) is 0 Å². The lowest BCUT2D eigenvalue weighted by atomic mass is 9.15. The van der Waals surface area contributed by atoms with Gasteiger partial charge in [0.25, 0.3) is 0 Å². The van der Waals surface area contributed by atoms with Gasteiger partial charge in [-0.1, -0.05) is 62.3 Å². The molecule has 0 saturated heterocycles. The lowest BCUT2D eigenvalue weighted by molar-refractivity contribution is 0.568. The smallest absolute Gasteiger partial charge is 0.0948 e. The van der Waals surface area contributed by atoms with Crippen molar-refractivity contribution in [1.29, 1.82) is 0 Å². The van der Waals surface area contributed by atoms with E-state index in [9.17, 15) is 0 Å². The third-order valence-corrected chi connectivity index (χ3v) is 2.60. The van der Waals surface area contributed by atoms with E-state index in [-0.39, 0.29) is 0 Å². The molecule has 0 aromatic heterocycles. The van der Waals surface area contributed by atoms with Crippen molar-refractivity contribution in [3.8, 4) is 0 Å². The minimum absolute atomic E-state index is 0.385. The maximum absolute atomic E-state index is 2.36. The molecule has 13 heavy (non-hydrogen) atoms. The van der Waals surface area contributed by atoms with Crippen molar-refractivity contribution in [3.63, 3.8) is 0 Å². The molecule has 0 heterocycles. The van der Waals surface area contributed by atoms with Gasteiger partial charge in [-0.25, -0.2) is 0 Å². The average molecular weight is 182 g/mol. The first-order valence-electron chi connectivity index (χ1n) is 5.37. The standard InChI is InChI=1S/C12H27B/c1-10(2,3)13(11(4,5)6)12(7,8)9/h1-9H3/q-1. The zero-order chi connectivity index (χ0) is 11.1. The highest BCUT2D eigenvalue weighted by Gasteiger charge is 2.31. The van der Waals surface area contributed by atoms with E-state index in [2.05, 4.69) is 62.3 Å². The Labute approximate surface area is 85.6 Å². The molecule has 0 aromatic rings. The summed E-state index contributed by atoms with van der Waals surface area (Å²) in [6.07, 6.45) is 0. The highest BCUT2D eigenvalue weighted by molar-refractivity contribution is 6.68. The summed E-state index contributed by atoms with van der Waals surface area (Å²) in [7, 11) is 0.